The SMILES string of the molecule is CCCCCC(=O)N1c2ccccc2NC2=C(C(=O)C[C@H](c3ccc(C)cc3)C2)[C@@H]1c1ccc(OCc2ccc(Cl)cc2)c(OCC)c1. The van der Waals surface area contributed by atoms with Crippen molar-refractivity contribution in [2.24, 2.45) is 0 Å². The van der Waals surface area contributed by atoms with Crippen molar-refractivity contribution < 1.29 is 19.1 Å². The first-order valence-corrected chi connectivity index (χ1v) is 17.4. The summed E-state index contributed by atoms with van der Waals surface area (Å²) >= 11 is 6.08. The van der Waals surface area contributed by atoms with Crippen LogP contribution in [0.3, 0.4) is 0 Å². The zero-order valence-corrected chi connectivity index (χ0v) is 28.7. The van der Waals surface area contributed by atoms with E-state index in [0.717, 1.165) is 53.0 Å². The number of benzene rings is 4. The molecule has 6 nitrogen and oxygen atoms in total. The summed E-state index contributed by atoms with van der Waals surface area (Å²) in [4.78, 5) is 30.6. The highest BCUT2D eigenvalue weighted by Gasteiger charge is 2.41. The molecule has 0 fully saturated rings. The molecule has 1 amide bonds. The van der Waals surface area contributed by atoms with Gasteiger partial charge >= 0.3 is 0 Å². The molecule has 48 heavy (non-hydrogen) atoms. The molecule has 7 heteroatoms. The summed E-state index contributed by atoms with van der Waals surface area (Å²) in [6.07, 6.45) is 4.18. The summed E-state index contributed by atoms with van der Waals surface area (Å²) in [7, 11) is 0. The molecule has 1 aliphatic heterocycles. The molecule has 248 valence electrons. The maximum Gasteiger partial charge on any atom is 0.227 e. The minimum absolute atomic E-state index is 0.00840. The molecule has 0 saturated heterocycles. The van der Waals surface area contributed by atoms with Crippen LogP contribution in [0, 0.1) is 6.92 Å². The number of allylic oxidation sites excluding steroid dienone is 1. The fraction of sp³-hybridized carbons (Fsp3) is 0.317. The zero-order chi connectivity index (χ0) is 33.6. The van der Waals surface area contributed by atoms with Crippen molar-refractivity contribution in [3.8, 4) is 11.5 Å². The maximum absolute atomic E-state index is 14.5. The topological polar surface area (TPSA) is 67.9 Å². The van der Waals surface area contributed by atoms with Crippen molar-refractivity contribution in [1.29, 1.82) is 0 Å². The van der Waals surface area contributed by atoms with Gasteiger partial charge < -0.3 is 14.8 Å². The average molecular weight is 663 g/mol. The molecule has 2 aliphatic rings. The fourth-order valence-electron chi connectivity index (χ4n) is 6.73. The quantitative estimate of drug-likeness (QED) is 0.162. The minimum Gasteiger partial charge on any atom is -0.490 e. The lowest BCUT2D eigenvalue weighted by molar-refractivity contribution is -0.119. The van der Waals surface area contributed by atoms with E-state index in [1.165, 1.54) is 5.56 Å². The fourth-order valence-corrected chi connectivity index (χ4v) is 6.85. The number of nitrogens with zero attached hydrogens (tertiary/aromatic N) is 1. The Bertz CT molecular complexity index is 1800. The highest BCUT2D eigenvalue weighted by atomic mass is 35.5. The van der Waals surface area contributed by atoms with Gasteiger partial charge in [0.05, 0.1) is 24.0 Å². The van der Waals surface area contributed by atoms with E-state index in [4.69, 9.17) is 21.1 Å². The Morgan fingerprint density at radius 2 is 1.62 bits per heavy atom. The molecule has 1 N–H and O–H groups in total. The molecule has 0 spiro atoms. The van der Waals surface area contributed by atoms with Crippen molar-refractivity contribution >= 4 is 34.7 Å². The van der Waals surface area contributed by atoms with E-state index in [2.05, 4.69) is 43.4 Å². The van der Waals surface area contributed by atoms with Crippen molar-refractivity contribution in [1.82, 2.24) is 0 Å². The number of hydrogen-bond acceptors (Lipinski definition) is 5. The molecule has 0 saturated carbocycles. The molecular weight excluding hydrogens is 620 g/mol. The predicted molar refractivity (Wildman–Crippen MR) is 193 cm³/mol. The first-order chi connectivity index (χ1) is 23.4. The Morgan fingerprint density at radius 1 is 0.875 bits per heavy atom. The molecule has 1 aliphatic carbocycles. The van der Waals surface area contributed by atoms with Crippen molar-refractivity contribution in [3.05, 3.63) is 130 Å². The second kappa shape index (κ2) is 15.1. The number of aryl methyl sites for hydroxylation is 1. The summed E-state index contributed by atoms with van der Waals surface area (Å²) in [6.45, 7) is 6.91. The number of Topliss-reactive ketones (excluding diaryl/α,β-unsaturated/α-hetero) is 1. The number of carbonyl (C=O) groups excluding carboxylic acids is 2. The Kier molecular flexibility index (Phi) is 10.5. The van der Waals surface area contributed by atoms with E-state index in [1.54, 1.807) is 0 Å². The van der Waals surface area contributed by atoms with Crippen LogP contribution in [0.4, 0.5) is 11.4 Å². The number of unbranched alkanes of at least 4 members (excludes halogenated alkanes) is 2. The number of ether oxygens (including phenoxy) is 2. The molecule has 4 aromatic rings. The molecule has 2 atom stereocenters. The Morgan fingerprint density at radius 3 is 2.38 bits per heavy atom. The van der Waals surface area contributed by atoms with Crippen molar-refractivity contribution in [3.63, 3.8) is 0 Å². The van der Waals surface area contributed by atoms with Gasteiger partial charge in [0.15, 0.2) is 17.3 Å². The second-order valence-electron chi connectivity index (χ2n) is 12.7. The lowest BCUT2D eigenvalue weighted by Gasteiger charge is -2.35. The van der Waals surface area contributed by atoms with Crippen LogP contribution in [0.1, 0.15) is 86.6 Å². The Balaban J connectivity index is 1.45. The summed E-state index contributed by atoms with van der Waals surface area (Å²) < 4.78 is 12.4. The highest BCUT2D eigenvalue weighted by Crippen LogP contribution is 2.48. The number of halogens is 1. The smallest absolute Gasteiger partial charge is 0.227 e. The third-order valence-electron chi connectivity index (χ3n) is 9.19. The van der Waals surface area contributed by atoms with Gasteiger partial charge in [0.2, 0.25) is 5.91 Å². The van der Waals surface area contributed by atoms with Crippen LogP contribution in [0.25, 0.3) is 0 Å². The minimum atomic E-state index is -0.638. The zero-order valence-electron chi connectivity index (χ0n) is 27.9. The summed E-state index contributed by atoms with van der Waals surface area (Å²) in [5, 5.41) is 4.32. The number of rotatable bonds is 11. The normalized spacial score (nSPS) is 17.2. The largest absolute Gasteiger partial charge is 0.490 e. The van der Waals surface area contributed by atoms with E-state index < -0.39 is 6.04 Å². The predicted octanol–water partition coefficient (Wildman–Crippen LogP) is 10.1. The van der Waals surface area contributed by atoms with Gasteiger partial charge in [-0.3, -0.25) is 14.5 Å². The number of ketones is 1. The number of amides is 1. The number of para-hydroxylation sites is 2. The van der Waals surface area contributed by atoms with Crippen LogP contribution in [-0.4, -0.2) is 18.3 Å². The third-order valence-corrected chi connectivity index (χ3v) is 9.44. The van der Waals surface area contributed by atoms with Gasteiger partial charge in [0.25, 0.3) is 0 Å². The van der Waals surface area contributed by atoms with E-state index >= 15 is 0 Å². The van der Waals surface area contributed by atoms with Crippen molar-refractivity contribution in [2.75, 3.05) is 16.8 Å². The summed E-state index contributed by atoms with van der Waals surface area (Å²) in [5.74, 6) is 1.22. The summed E-state index contributed by atoms with van der Waals surface area (Å²) in [6, 6.07) is 29.0. The lowest BCUT2D eigenvalue weighted by Crippen LogP contribution is -2.38. The van der Waals surface area contributed by atoms with Crippen LogP contribution in [-0.2, 0) is 16.2 Å². The number of fused-ring (bicyclic) bond motifs is 1. The second-order valence-corrected chi connectivity index (χ2v) is 13.1. The monoisotopic (exact) mass is 662 g/mol. The van der Waals surface area contributed by atoms with Crippen LogP contribution in [0.15, 0.2) is 102 Å². The maximum atomic E-state index is 14.5. The van der Waals surface area contributed by atoms with Gasteiger partial charge in [-0.1, -0.05) is 91.5 Å². The van der Waals surface area contributed by atoms with Crippen LogP contribution in [0.2, 0.25) is 5.02 Å². The first-order valence-electron chi connectivity index (χ1n) is 17.0. The van der Waals surface area contributed by atoms with E-state index in [1.807, 2.05) is 78.6 Å². The van der Waals surface area contributed by atoms with E-state index in [9.17, 15) is 9.59 Å². The number of nitrogens with one attached hydrogen (secondary N) is 1. The number of hydrogen-bond donors (Lipinski definition) is 1. The van der Waals surface area contributed by atoms with Gasteiger partial charge in [-0.25, -0.2) is 0 Å². The molecule has 4 aromatic carbocycles. The molecule has 6 rings (SSSR count). The Labute approximate surface area is 288 Å². The van der Waals surface area contributed by atoms with Gasteiger partial charge in [0.1, 0.15) is 6.61 Å². The first kappa shape index (κ1) is 33.4. The van der Waals surface area contributed by atoms with Gasteiger partial charge in [-0.05, 0) is 85.7 Å². The molecule has 0 radical (unpaired) electrons. The van der Waals surface area contributed by atoms with E-state index in [-0.39, 0.29) is 17.6 Å². The van der Waals surface area contributed by atoms with E-state index in [0.29, 0.717) is 54.6 Å². The van der Waals surface area contributed by atoms with Crippen LogP contribution < -0.4 is 19.7 Å². The number of anilines is 2. The molecule has 1 heterocycles. The highest BCUT2D eigenvalue weighted by molar-refractivity contribution is 6.30. The van der Waals surface area contributed by atoms with Crippen LogP contribution >= 0.6 is 11.6 Å². The molecule has 0 aromatic heterocycles. The average Bonchev–Trinajstić information content (AvgIpc) is 3.24. The number of carbonyl (C=O) groups is 2. The van der Waals surface area contributed by atoms with Gasteiger partial charge in [0, 0.05) is 29.1 Å². The standard InChI is InChI=1S/C41H43ClN2O4/c1-4-6-7-12-39(46)44-35-11-9-8-10-33(35)43-34-23-31(29-17-13-27(3)14-18-29)24-36(45)40(34)41(44)30-19-22-37(38(25-30)47-5-2)48-26-28-15-20-32(42)21-16-28/h8-11,13-22,25,31,41,43H,4-7,12,23-24,26H2,1-3H3/t31-,41+/m1/s1. The van der Waals surface area contributed by atoms with Gasteiger partial charge in [-0.15, -0.1) is 0 Å². The molecule has 0 bridgehead atoms. The van der Waals surface area contributed by atoms with Gasteiger partial charge in [-0.2, -0.15) is 0 Å². The Hall–Kier alpha value is -4.55. The van der Waals surface area contributed by atoms with Crippen LogP contribution in [0.5, 0.6) is 11.5 Å². The van der Waals surface area contributed by atoms with Crippen molar-refractivity contribution in [2.45, 2.75) is 77.9 Å². The lowest BCUT2D eigenvalue weighted by atomic mass is 9.78. The molecule has 0 unspecified atom stereocenters. The molecular formula is C41H43ClN2O4. The third kappa shape index (κ3) is 7.29. The summed E-state index contributed by atoms with van der Waals surface area (Å²) in [5.41, 5.74) is 7.19.